The monoisotopic (exact) mass is 346 g/mol. The minimum atomic E-state index is -6.39. The van der Waals surface area contributed by atoms with Crippen LogP contribution in [0.4, 0.5) is 35.9 Å². The molecule has 0 radical (unpaired) electrons. The Bertz CT molecular complexity index is 426. The van der Waals surface area contributed by atoms with Gasteiger partial charge in [-0.15, -0.1) is 0 Å². The highest BCUT2D eigenvalue weighted by Crippen LogP contribution is 2.53. The average Bonchev–Trinajstić information content (AvgIpc) is 2.43. The van der Waals surface area contributed by atoms with E-state index in [0.29, 0.717) is 11.3 Å². The summed E-state index contributed by atoms with van der Waals surface area (Å²) in [4.78, 5) is 2.78. The molecule has 2 N–H and O–H groups in total. The fourth-order valence-electron chi connectivity index (χ4n) is 0.837. The molecule has 0 saturated carbocycles. The maximum absolute atomic E-state index is 13.1. The number of thiazole rings is 1. The number of hydrogen-bond donors (Lipinski definition) is 1. The number of hydrogen-bond acceptors (Lipinski definition) is 3. The maximum atomic E-state index is 13.1. The van der Waals surface area contributed by atoms with Gasteiger partial charge in [0.15, 0.2) is 5.13 Å². The van der Waals surface area contributed by atoms with Crippen molar-refractivity contribution < 1.29 is 30.7 Å². The predicted octanol–water partition coefficient (Wildman–Crippen LogP) is 3.78. The molecule has 1 aromatic rings. The first-order valence-corrected chi connectivity index (χ1v) is 5.27. The number of aromatic nitrogens is 1. The molecule has 0 amide bonds. The number of nitrogen functional groups attached to an aromatic ring is 1. The zero-order chi connectivity index (χ0) is 13.6. The van der Waals surface area contributed by atoms with E-state index in [0.717, 1.165) is 0 Å². The highest BCUT2D eigenvalue weighted by molar-refractivity contribution is 9.11. The normalized spacial score (nSPS) is 14.1. The van der Waals surface area contributed by atoms with Gasteiger partial charge < -0.3 is 5.73 Å². The summed E-state index contributed by atoms with van der Waals surface area (Å²) in [5, 5.41) is -0.551. The zero-order valence-electron chi connectivity index (χ0n) is 7.46. The molecule has 98 valence electrons. The van der Waals surface area contributed by atoms with Crippen molar-refractivity contribution in [3.63, 3.8) is 0 Å². The lowest BCUT2D eigenvalue weighted by molar-refractivity contribution is -0.360. The fourth-order valence-corrected chi connectivity index (χ4v) is 2.26. The molecule has 0 aromatic carbocycles. The summed E-state index contributed by atoms with van der Waals surface area (Å²) >= 11 is 2.73. The van der Waals surface area contributed by atoms with E-state index in [1.807, 2.05) is 0 Å². The maximum Gasteiger partial charge on any atom is 0.460 e. The van der Waals surface area contributed by atoms with Crippen molar-refractivity contribution >= 4 is 32.4 Å². The summed E-state index contributed by atoms with van der Waals surface area (Å²) in [5.74, 6) is -11.7. The van der Waals surface area contributed by atoms with E-state index in [2.05, 4.69) is 20.9 Å². The molecule has 1 rings (SSSR count). The van der Waals surface area contributed by atoms with Crippen LogP contribution < -0.4 is 5.73 Å². The van der Waals surface area contributed by atoms with Crippen molar-refractivity contribution in [3.05, 3.63) is 9.48 Å². The Kier molecular flexibility index (Phi) is 3.38. The zero-order valence-corrected chi connectivity index (χ0v) is 9.86. The van der Waals surface area contributed by atoms with Gasteiger partial charge in [-0.25, -0.2) is 4.98 Å². The van der Waals surface area contributed by atoms with Gasteiger partial charge in [0.25, 0.3) is 0 Å². The van der Waals surface area contributed by atoms with Gasteiger partial charge in [0, 0.05) is 0 Å². The van der Waals surface area contributed by atoms with Gasteiger partial charge in [-0.05, 0) is 15.9 Å². The number of alkyl halides is 7. The SMILES string of the molecule is Nc1nc(C(F)(F)C(F)(F)C(F)(F)F)c(Br)s1. The van der Waals surface area contributed by atoms with Crippen LogP contribution >= 0.6 is 27.3 Å². The first-order chi connectivity index (χ1) is 7.41. The van der Waals surface area contributed by atoms with E-state index in [1.165, 1.54) is 0 Å². The Morgan fingerprint density at radius 3 is 1.82 bits per heavy atom. The standard InChI is InChI=1S/C6H2BrF7N2S/c7-2-1(16-3(15)17-2)4(8,9)5(10,11)6(12,13)14/h(H2,15,16). The van der Waals surface area contributed by atoms with E-state index in [-0.39, 0.29) is 0 Å². The quantitative estimate of drug-likeness (QED) is 0.827. The molecule has 0 bridgehead atoms. The highest BCUT2D eigenvalue weighted by Gasteiger charge is 2.74. The van der Waals surface area contributed by atoms with Crippen molar-refractivity contribution in [3.8, 4) is 0 Å². The highest BCUT2D eigenvalue weighted by atomic mass is 79.9. The number of rotatable bonds is 2. The minimum Gasteiger partial charge on any atom is -0.375 e. The van der Waals surface area contributed by atoms with Crippen LogP contribution in [0.3, 0.4) is 0 Å². The van der Waals surface area contributed by atoms with Gasteiger partial charge in [0.1, 0.15) is 9.48 Å². The summed E-state index contributed by atoms with van der Waals surface area (Å²) < 4.78 is 86.3. The summed E-state index contributed by atoms with van der Waals surface area (Å²) in [6.07, 6.45) is -6.39. The van der Waals surface area contributed by atoms with E-state index in [1.54, 1.807) is 0 Å². The Morgan fingerprint density at radius 1 is 1.06 bits per heavy atom. The third-order valence-corrected chi connectivity index (χ3v) is 3.18. The van der Waals surface area contributed by atoms with Gasteiger partial charge in [-0.3, -0.25) is 0 Å². The molecule has 0 aliphatic rings. The van der Waals surface area contributed by atoms with Crippen LogP contribution in [0.2, 0.25) is 0 Å². The summed E-state index contributed by atoms with van der Waals surface area (Å²) in [6, 6.07) is 0. The van der Waals surface area contributed by atoms with Crippen molar-refractivity contribution in [2.75, 3.05) is 5.73 Å². The third kappa shape index (κ3) is 2.21. The van der Waals surface area contributed by atoms with Crippen molar-refractivity contribution in [1.29, 1.82) is 0 Å². The summed E-state index contributed by atoms with van der Waals surface area (Å²) in [7, 11) is 0. The van der Waals surface area contributed by atoms with Crippen LogP contribution in [-0.2, 0) is 5.92 Å². The summed E-state index contributed by atoms with van der Waals surface area (Å²) in [6.45, 7) is 0. The molecule has 0 saturated heterocycles. The molecular formula is C6H2BrF7N2S. The van der Waals surface area contributed by atoms with Gasteiger partial charge in [0.2, 0.25) is 0 Å². The second kappa shape index (κ2) is 3.97. The average molecular weight is 347 g/mol. The Hall–Kier alpha value is -0.580. The van der Waals surface area contributed by atoms with Crippen molar-refractivity contribution in [2.45, 2.75) is 18.0 Å². The van der Waals surface area contributed by atoms with Gasteiger partial charge in [-0.2, -0.15) is 30.7 Å². The van der Waals surface area contributed by atoms with E-state index in [9.17, 15) is 30.7 Å². The second-order valence-corrected chi connectivity index (χ2v) is 5.17. The van der Waals surface area contributed by atoms with Crippen LogP contribution in [0.5, 0.6) is 0 Å². The number of halogens is 8. The molecule has 0 fully saturated rings. The first-order valence-electron chi connectivity index (χ1n) is 3.66. The van der Waals surface area contributed by atoms with Crippen LogP contribution in [0.1, 0.15) is 5.69 Å². The molecule has 0 aliphatic heterocycles. The van der Waals surface area contributed by atoms with E-state index >= 15 is 0 Å². The van der Waals surface area contributed by atoms with Crippen molar-refractivity contribution in [2.24, 2.45) is 0 Å². The number of anilines is 1. The van der Waals surface area contributed by atoms with E-state index < -0.39 is 32.6 Å². The molecule has 17 heavy (non-hydrogen) atoms. The van der Waals surface area contributed by atoms with Crippen molar-refractivity contribution in [1.82, 2.24) is 4.98 Å². The lowest BCUT2D eigenvalue weighted by atomic mass is 10.1. The van der Waals surface area contributed by atoms with Gasteiger partial charge in [-0.1, -0.05) is 11.3 Å². The molecular weight excluding hydrogens is 345 g/mol. The van der Waals surface area contributed by atoms with E-state index in [4.69, 9.17) is 5.73 Å². The van der Waals surface area contributed by atoms with Gasteiger partial charge in [0.05, 0.1) is 0 Å². The topological polar surface area (TPSA) is 38.9 Å². The molecule has 1 aromatic heterocycles. The molecule has 0 unspecified atom stereocenters. The lowest BCUT2D eigenvalue weighted by Gasteiger charge is -2.27. The number of nitrogens with two attached hydrogens (primary N) is 1. The molecule has 1 heterocycles. The van der Waals surface area contributed by atoms with Crippen LogP contribution in [0.15, 0.2) is 3.79 Å². The van der Waals surface area contributed by atoms with Crippen LogP contribution in [0.25, 0.3) is 0 Å². The van der Waals surface area contributed by atoms with Crippen LogP contribution in [-0.4, -0.2) is 17.1 Å². The van der Waals surface area contributed by atoms with Crippen LogP contribution in [0, 0.1) is 0 Å². The lowest BCUT2D eigenvalue weighted by Crippen LogP contribution is -2.50. The Balaban J connectivity index is 3.33. The summed E-state index contributed by atoms with van der Waals surface area (Å²) in [5.41, 5.74) is 3.21. The molecule has 0 aliphatic carbocycles. The second-order valence-electron chi connectivity index (χ2n) is 2.82. The molecule has 2 nitrogen and oxygen atoms in total. The largest absolute Gasteiger partial charge is 0.460 e. The number of nitrogens with zero attached hydrogens (tertiary/aromatic N) is 1. The smallest absolute Gasteiger partial charge is 0.375 e. The molecule has 0 spiro atoms. The predicted molar refractivity (Wildman–Crippen MR) is 49.1 cm³/mol. The molecule has 0 atom stereocenters. The first kappa shape index (κ1) is 14.5. The third-order valence-electron chi connectivity index (χ3n) is 1.65. The Labute approximate surface area is 102 Å². The van der Waals surface area contributed by atoms with Gasteiger partial charge >= 0.3 is 18.0 Å². The minimum absolute atomic E-state index is 0.325. The molecule has 11 heteroatoms. The Morgan fingerprint density at radius 2 is 1.53 bits per heavy atom. The fraction of sp³-hybridized carbons (Fsp3) is 0.500.